The molecule has 0 aromatic rings. The van der Waals surface area contributed by atoms with Gasteiger partial charge in [0, 0.05) is 6.42 Å². The van der Waals surface area contributed by atoms with E-state index in [9.17, 15) is 14.7 Å². The summed E-state index contributed by atoms with van der Waals surface area (Å²) >= 11 is 0. The number of aliphatic imine (C=N–C) groups is 1. The first-order valence-electron chi connectivity index (χ1n) is 3.51. The first-order valence-corrected chi connectivity index (χ1v) is 3.51. The number of nitrogens with two attached hydrogens (primary N) is 1. The smallest absolute Gasteiger partial charge is 0.343 e. The maximum Gasteiger partial charge on any atom is 0.343 e. The third kappa shape index (κ3) is 2.23. The molecule has 13 heavy (non-hydrogen) atoms. The van der Waals surface area contributed by atoms with Crippen molar-refractivity contribution >= 4 is 18.2 Å². The Morgan fingerprint density at radius 2 is 2.46 bits per heavy atom. The van der Waals surface area contributed by atoms with Crippen LogP contribution in [0.2, 0.25) is 0 Å². The summed E-state index contributed by atoms with van der Waals surface area (Å²) in [5.74, 6) is -1.25. The number of urea groups is 1. The van der Waals surface area contributed by atoms with Crippen LogP contribution in [0.25, 0.3) is 0 Å². The van der Waals surface area contributed by atoms with E-state index in [1.54, 1.807) is 0 Å². The molecule has 72 valence electrons. The maximum absolute atomic E-state index is 10.6. The molecular weight excluding hydrogens is 178 g/mol. The zero-order valence-corrected chi connectivity index (χ0v) is 6.60. The van der Waals surface area contributed by atoms with Crippen LogP contribution in [0.3, 0.4) is 0 Å². The van der Waals surface area contributed by atoms with Crippen LogP contribution in [0.1, 0.15) is 6.42 Å². The van der Waals surface area contributed by atoms with Gasteiger partial charge in [-0.1, -0.05) is 0 Å². The highest BCUT2D eigenvalue weighted by atomic mass is 16.4. The van der Waals surface area contributed by atoms with Crippen LogP contribution in [-0.2, 0) is 4.79 Å². The van der Waals surface area contributed by atoms with Crippen molar-refractivity contribution in [2.45, 2.75) is 18.2 Å². The molecule has 5 N–H and O–H groups in total. The molecule has 0 saturated heterocycles. The molecule has 0 saturated carbocycles. The second-order valence-corrected chi connectivity index (χ2v) is 2.76. The molecule has 0 aliphatic carbocycles. The van der Waals surface area contributed by atoms with Gasteiger partial charge in [-0.05, 0) is 0 Å². The topological polar surface area (TPSA) is 125 Å². The van der Waals surface area contributed by atoms with Crippen molar-refractivity contribution in [1.82, 2.24) is 5.32 Å². The lowest BCUT2D eigenvalue weighted by atomic mass is 10.1. The molecule has 1 heterocycles. The number of nitrogens with zero attached hydrogens (tertiary/aromatic N) is 1. The Kier molecular flexibility index (Phi) is 2.30. The first-order chi connectivity index (χ1) is 5.93. The van der Waals surface area contributed by atoms with Crippen LogP contribution in [0.5, 0.6) is 0 Å². The van der Waals surface area contributed by atoms with Crippen LogP contribution in [0, 0.1) is 0 Å². The number of rotatable bonds is 3. The van der Waals surface area contributed by atoms with Gasteiger partial charge in [-0.3, -0.25) is 4.79 Å². The summed E-state index contributed by atoms with van der Waals surface area (Å²) in [6.45, 7) is 0. The number of amides is 2. The summed E-state index contributed by atoms with van der Waals surface area (Å²) in [5, 5.41) is 20.0. The van der Waals surface area contributed by atoms with Gasteiger partial charge < -0.3 is 21.3 Å². The van der Waals surface area contributed by atoms with Crippen molar-refractivity contribution in [3.8, 4) is 0 Å². The molecule has 1 rings (SSSR count). The molecule has 0 aromatic carbocycles. The molecule has 0 spiro atoms. The number of nitrogens with one attached hydrogen (secondary N) is 1. The van der Waals surface area contributed by atoms with Crippen molar-refractivity contribution in [3.63, 3.8) is 0 Å². The number of carbonyl (C=O) groups is 2. The number of aliphatic hydroxyl groups is 1. The van der Waals surface area contributed by atoms with Crippen molar-refractivity contribution in [1.29, 1.82) is 0 Å². The summed E-state index contributed by atoms with van der Waals surface area (Å²) in [4.78, 5) is 24.1. The Morgan fingerprint density at radius 3 is 2.85 bits per heavy atom. The average Bonchev–Trinajstić information content (AvgIpc) is 2.30. The zero-order valence-electron chi connectivity index (χ0n) is 6.60. The van der Waals surface area contributed by atoms with Crippen molar-refractivity contribution in [2.24, 2.45) is 10.7 Å². The lowest BCUT2D eigenvalue weighted by Crippen LogP contribution is -2.50. The van der Waals surface area contributed by atoms with Crippen LogP contribution in [0.15, 0.2) is 4.99 Å². The largest absolute Gasteiger partial charge is 0.480 e. The van der Waals surface area contributed by atoms with Gasteiger partial charge in [-0.25, -0.2) is 9.79 Å². The fraction of sp³-hybridized carbons (Fsp3) is 0.500. The number of carboxylic acid groups (broad SMARTS) is 1. The van der Waals surface area contributed by atoms with Gasteiger partial charge in [-0.2, -0.15) is 0 Å². The van der Waals surface area contributed by atoms with E-state index in [0.29, 0.717) is 0 Å². The van der Waals surface area contributed by atoms with Crippen molar-refractivity contribution < 1.29 is 19.8 Å². The van der Waals surface area contributed by atoms with Gasteiger partial charge in [0.1, 0.15) is 6.04 Å². The molecule has 0 fully saturated rings. The van der Waals surface area contributed by atoms with Gasteiger partial charge >= 0.3 is 12.0 Å². The standard InChI is InChI=1S/C6H9N3O4/c7-3(4(10)11)1-6(13)2-8-5(12)9-6/h2-3,13H,1,7H2,(H,9,12)(H,10,11)/t3-,6?/m0/s1. The van der Waals surface area contributed by atoms with E-state index in [-0.39, 0.29) is 6.42 Å². The molecular formula is C6H9N3O4. The molecule has 0 aromatic heterocycles. The fourth-order valence-electron chi connectivity index (χ4n) is 0.941. The normalized spacial score (nSPS) is 28.6. The predicted molar refractivity (Wildman–Crippen MR) is 42.2 cm³/mol. The number of aliphatic carboxylic acids is 1. The highest BCUT2D eigenvalue weighted by Crippen LogP contribution is 2.10. The Hall–Kier alpha value is -1.47. The van der Waals surface area contributed by atoms with E-state index in [1.165, 1.54) is 0 Å². The molecule has 1 unspecified atom stereocenters. The third-order valence-electron chi connectivity index (χ3n) is 1.57. The maximum atomic E-state index is 10.6. The summed E-state index contributed by atoms with van der Waals surface area (Å²) in [6, 6.07) is -1.95. The molecule has 2 atom stereocenters. The highest BCUT2D eigenvalue weighted by Gasteiger charge is 2.35. The van der Waals surface area contributed by atoms with Crippen molar-refractivity contribution in [2.75, 3.05) is 0 Å². The van der Waals surface area contributed by atoms with Crippen LogP contribution < -0.4 is 11.1 Å². The molecule has 7 nitrogen and oxygen atoms in total. The van der Waals surface area contributed by atoms with Gasteiger partial charge in [0.2, 0.25) is 0 Å². The van der Waals surface area contributed by atoms with E-state index in [0.717, 1.165) is 6.21 Å². The minimum absolute atomic E-state index is 0.308. The Labute approximate surface area is 73.3 Å². The lowest BCUT2D eigenvalue weighted by molar-refractivity contribution is -0.139. The monoisotopic (exact) mass is 187 g/mol. The highest BCUT2D eigenvalue weighted by molar-refractivity contribution is 5.94. The molecule has 1 aliphatic heterocycles. The van der Waals surface area contributed by atoms with Crippen LogP contribution >= 0.6 is 0 Å². The van der Waals surface area contributed by atoms with Crippen molar-refractivity contribution in [3.05, 3.63) is 0 Å². The summed E-state index contributed by atoms with van der Waals surface area (Å²) in [6.07, 6.45) is 0.635. The minimum atomic E-state index is -1.73. The first kappa shape index (κ1) is 9.62. The van der Waals surface area contributed by atoms with Gasteiger partial charge in [-0.15, -0.1) is 0 Å². The van der Waals surface area contributed by atoms with E-state index in [2.05, 4.69) is 10.3 Å². The van der Waals surface area contributed by atoms with Gasteiger partial charge in [0.15, 0.2) is 5.72 Å². The summed E-state index contributed by atoms with van der Waals surface area (Å²) < 4.78 is 0. The second kappa shape index (κ2) is 3.11. The molecule has 0 bridgehead atoms. The van der Waals surface area contributed by atoms with E-state index >= 15 is 0 Å². The number of hydrogen-bond donors (Lipinski definition) is 4. The summed E-state index contributed by atoms with van der Waals surface area (Å²) in [5.41, 5.74) is 3.43. The fourth-order valence-corrected chi connectivity index (χ4v) is 0.941. The molecule has 0 radical (unpaired) electrons. The summed E-state index contributed by atoms with van der Waals surface area (Å²) in [7, 11) is 0. The quantitative estimate of drug-likeness (QED) is 0.417. The lowest BCUT2D eigenvalue weighted by Gasteiger charge is -2.20. The van der Waals surface area contributed by atoms with E-state index < -0.39 is 23.8 Å². The predicted octanol–water partition coefficient (Wildman–Crippen LogP) is -1.73. The molecule has 7 heteroatoms. The molecule has 1 aliphatic rings. The van der Waals surface area contributed by atoms with Crippen LogP contribution in [0.4, 0.5) is 4.79 Å². The van der Waals surface area contributed by atoms with E-state index in [1.807, 2.05) is 0 Å². The van der Waals surface area contributed by atoms with Crippen LogP contribution in [-0.4, -0.2) is 40.2 Å². The Bertz CT molecular complexity index is 277. The minimum Gasteiger partial charge on any atom is -0.480 e. The second-order valence-electron chi connectivity index (χ2n) is 2.76. The number of carboxylic acids is 1. The molecule has 2 amide bonds. The average molecular weight is 187 g/mol. The van der Waals surface area contributed by atoms with Gasteiger partial charge in [0.05, 0.1) is 6.21 Å². The van der Waals surface area contributed by atoms with E-state index in [4.69, 9.17) is 10.8 Å². The number of carbonyl (C=O) groups excluding carboxylic acids is 1. The third-order valence-corrected chi connectivity index (χ3v) is 1.57. The SMILES string of the molecule is N[C@@H](CC1(O)C=NC(=O)N1)C(=O)O. The zero-order chi connectivity index (χ0) is 10.1. The Balaban J connectivity index is 2.59. The number of hydrogen-bond acceptors (Lipinski definition) is 4. The Morgan fingerprint density at radius 1 is 1.85 bits per heavy atom. The van der Waals surface area contributed by atoms with Gasteiger partial charge in [0.25, 0.3) is 0 Å².